The normalized spacial score (nSPS) is 4.25. The minimum absolute atomic E-state index is 0. The van der Waals surface area contributed by atoms with Gasteiger partial charge in [-0.05, 0) is 0 Å². The summed E-state index contributed by atoms with van der Waals surface area (Å²) in [5.41, 5.74) is 0. The van der Waals surface area contributed by atoms with Crippen LogP contribution in [-0.2, 0) is 48.1 Å². The smallest absolute Gasteiger partial charge is 0 e. The van der Waals surface area contributed by atoms with E-state index in [9.17, 15) is 2.85 Å². The van der Waals surface area contributed by atoms with Gasteiger partial charge in [0.2, 0.25) is 0 Å². The van der Waals surface area contributed by atoms with Crippen molar-refractivity contribution in [3.63, 3.8) is 0 Å². The summed E-state index contributed by atoms with van der Waals surface area (Å²) in [5.74, 6) is 0. The molecule has 2 nitrogen and oxygen atoms in total. The average Bonchev–Trinajstić information content (AvgIpc) is 1.33. The summed E-state index contributed by atoms with van der Waals surface area (Å²) in [6, 6.07) is 0. The van der Waals surface area contributed by atoms with Gasteiger partial charge in [0.05, 0.1) is 0 Å². The van der Waals surface area contributed by atoms with Gasteiger partial charge in [0.1, 0.15) is 5.40 Å². The number of hydrogen-bond donors (Lipinski definition) is 1. The summed E-state index contributed by atoms with van der Waals surface area (Å²) in [5, 5.41) is 8.63. The van der Waals surface area contributed by atoms with E-state index in [1.807, 2.05) is 0 Å². The molecule has 0 spiro atoms. The molecule has 0 aromatic rings. The summed E-state index contributed by atoms with van der Waals surface area (Å²) >= 11 is 0.131. The van der Waals surface area contributed by atoms with Crippen molar-refractivity contribution < 1.29 is 48.1 Å². The maximum Gasteiger partial charge on any atom is 0 e. The second-order valence-electron chi connectivity index (χ2n) is 0.326. The fourth-order valence-electron chi connectivity index (χ4n) is 0. The van der Waals surface area contributed by atoms with Crippen LogP contribution >= 0.6 is 29.8 Å². The molecule has 0 aromatic carbocycles. The van der Waals surface area contributed by atoms with Gasteiger partial charge in [0.15, 0.2) is 0 Å². The molecular weight excluding hydrogens is 415 g/mol. The molecule has 0 amide bonds. The second-order valence-corrected chi connectivity index (χ2v) is 9.35. The zero-order valence-electron chi connectivity index (χ0n) is 3.56. The number of hydrogen-bond acceptors (Lipinski definition) is 3. The molecule has 0 bridgehead atoms. The largest absolute Gasteiger partial charge is 0 e. The molecule has 8 heavy (non-hydrogen) atoms. The Labute approximate surface area is 87.2 Å². The molecule has 0 heterocycles. The van der Waals surface area contributed by atoms with Crippen molar-refractivity contribution in [2.24, 2.45) is 0 Å². The molecule has 0 rings (SSSR count). The van der Waals surface area contributed by atoms with Crippen LogP contribution < -0.4 is 0 Å². The Bertz CT molecular complexity index is 90.5. The third-order valence-corrected chi connectivity index (χ3v) is 0. The van der Waals surface area contributed by atoms with Crippen molar-refractivity contribution in [1.82, 2.24) is 0 Å². The Morgan fingerprint density at radius 2 is 1.62 bits per heavy atom. The molecule has 0 aliphatic rings. The average molecular weight is 416 g/mol. The van der Waals surface area contributed by atoms with Gasteiger partial charge in [-0.1, -0.05) is 12.6 Å². The van der Waals surface area contributed by atoms with Crippen molar-refractivity contribution in [3.8, 4) is 5.40 Å². The molecule has 0 N–H and O–H groups in total. The minimum atomic E-state index is -2.96. The SMILES string of the molecule is N#CS.[O]=[Hf]([Cl])[Cl].[Zr]. The van der Waals surface area contributed by atoms with Crippen LogP contribution in [0.25, 0.3) is 0 Å². The van der Waals surface area contributed by atoms with Crippen LogP contribution in [0.2, 0.25) is 0 Å². The van der Waals surface area contributed by atoms with E-state index in [4.69, 9.17) is 22.4 Å². The molecule has 0 radical (unpaired) electrons. The third-order valence-electron chi connectivity index (χ3n) is 0. The van der Waals surface area contributed by atoms with E-state index in [0.717, 1.165) is 0 Å². The summed E-state index contributed by atoms with van der Waals surface area (Å²) in [6.07, 6.45) is 0. The van der Waals surface area contributed by atoms with Crippen LogP contribution in [0.1, 0.15) is 0 Å². The number of rotatable bonds is 0. The van der Waals surface area contributed by atoms with Crippen molar-refractivity contribution >= 4 is 29.8 Å². The molecule has 0 fully saturated rings. The Morgan fingerprint density at radius 3 is 1.62 bits per heavy atom. The zero-order chi connectivity index (χ0) is 6.28. The van der Waals surface area contributed by atoms with Crippen molar-refractivity contribution in [2.75, 3.05) is 0 Å². The predicted octanol–water partition coefficient (Wildman–Crippen LogP) is 1.65. The van der Waals surface area contributed by atoms with Gasteiger partial charge in [0.25, 0.3) is 0 Å². The molecule has 0 aliphatic heterocycles. The van der Waals surface area contributed by atoms with Crippen LogP contribution in [-0.4, -0.2) is 0 Å². The van der Waals surface area contributed by atoms with Gasteiger partial charge in [0, 0.05) is 26.2 Å². The van der Waals surface area contributed by atoms with Gasteiger partial charge in [-0.15, -0.1) is 0 Å². The summed E-state index contributed by atoms with van der Waals surface area (Å²) in [6.45, 7) is 0. The number of nitrogens with zero attached hydrogens (tertiary/aromatic N) is 1. The molecule has 0 saturated carbocycles. The van der Waals surface area contributed by atoms with E-state index in [0.29, 0.717) is 0 Å². The summed E-state index contributed by atoms with van der Waals surface area (Å²) < 4.78 is 9.27. The molecule has 0 aromatic heterocycles. The fraction of sp³-hybridized carbons (Fsp3) is 0. The molecule has 7 heteroatoms. The topological polar surface area (TPSA) is 40.9 Å². The Morgan fingerprint density at radius 1 is 1.62 bits per heavy atom. The monoisotopic (exact) mass is 415 g/mol. The fourth-order valence-corrected chi connectivity index (χ4v) is 0. The predicted molar refractivity (Wildman–Crippen MR) is 27.0 cm³/mol. The van der Waals surface area contributed by atoms with E-state index >= 15 is 0 Å². The van der Waals surface area contributed by atoms with Gasteiger partial charge in [-0.3, -0.25) is 0 Å². The van der Waals surface area contributed by atoms with E-state index < -0.39 is 19.1 Å². The number of nitriles is 1. The van der Waals surface area contributed by atoms with Gasteiger partial charge >= 0.3 is 39.1 Å². The van der Waals surface area contributed by atoms with E-state index in [2.05, 4.69) is 12.6 Å². The van der Waals surface area contributed by atoms with Crippen molar-refractivity contribution in [2.45, 2.75) is 0 Å². The van der Waals surface area contributed by atoms with Gasteiger partial charge < -0.3 is 0 Å². The first-order valence-corrected chi connectivity index (χ1v) is 11.8. The Hall–Kier alpha value is 1.97. The zero-order valence-corrected chi connectivity index (χ0v) is 12.0. The number of halogens is 2. The van der Waals surface area contributed by atoms with Crippen LogP contribution in [0.15, 0.2) is 0 Å². The number of thiocyanates is 1. The quantitative estimate of drug-likeness (QED) is 0.371. The van der Waals surface area contributed by atoms with Gasteiger partial charge in [-0.25, -0.2) is 0 Å². The van der Waals surface area contributed by atoms with Crippen LogP contribution in [0.3, 0.4) is 0 Å². The summed E-state index contributed by atoms with van der Waals surface area (Å²) in [7, 11) is 9.40. The Balaban J connectivity index is -0.0000000575. The number of thiol groups is 1. The molecule has 0 saturated heterocycles. The molecular formula is CHCl2HfNOSZr. The van der Waals surface area contributed by atoms with E-state index in [-0.39, 0.29) is 26.2 Å². The first-order valence-electron chi connectivity index (χ1n) is 1.03. The maximum atomic E-state index is 9.27. The first-order chi connectivity index (χ1) is 3.15. The second kappa shape index (κ2) is 16.0. The molecule has 0 atom stereocenters. The van der Waals surface area contributed by atoms with E-state index in [1.54, 1.807) is 0 Å². The van der Waals surface area contributed by atoms with Crippen molar-refractivity contribution in [1.29, 1.82) is 5.26 Å². The Kier molecular flexibility index (Phi) is 33.0. The minimum Gasteiger partial charge on any atom is 0 e. The summed E-state index contributed by atoms with van der Waals surface area (Å²) in [4.78, 5) is 0. The van der Waals surface area contributed by atoms with Gasteiger partial charge in [-0.2, -0.15) is 5.26 Å². The molecule has 44 valence electrons. The van der Waals surface area contributed by atoms with E-state index in [1.165, 1.54) is 5.40 Å². The van der Waals surface area contributed by atoms with Crippen molar-refractivity contribution in [3.05, 3.63) is 0 Å². The van der Waals surface area contributed by atoms with Crippen LogP contribution in [0.4, 0.5) is 0 Å². The standard InChI is InChI=1S/CHNS.2ClH.Hf.O.Zr/c2-1-3;;;;;/h3H;2*1H;;;/q;;;+2;;/p-2. The first kappa shape index (κ1) is 16.5. The molecule has 0 unspecified atom stereocenters. The van der Waals surface area contributed by atoms with Crippen LogP contribution in [0.5, 0.6) is 0 Å². The maximum absolute atomic E-state index is 9.27. The molecule has 0 aliphatic carbocycles. The van der Waals surface area contributed by atoms with Crippen LogP contribution in [0, 0.1) is 10.7 Å². The third kappa shape index (κ3) is 99.6.